The van der Waals surface area contributed by atoms with Crippen molar-refractivity contribution in [2.75, 3.05) is 38.2 Å². The number of methoxy groups -OCH3 is 1. The Labute approximate surface area is 193 Å². The molecule has 4 rings (SSSR count). The van der Waals surface area contributed by atoms with Gasteiger partial charge in [-0.05, 0) is 43.4 Å². The van der Waals surface area contributed by atoms with Gasteiger partial charge >= 0.3 is 0 Å². The second kappa shape index (κ2) is 9.38. The van der Waals surface area contributed by atoms with Gasteiger partial charge in [0.05, 0.1) is 17.3 Å². The zero-order chi connectivity index (χ0) is 22.0. The van der Waals surface area contributed by atoms with Gasteiger partial charge in [0.2, 0.25) is 0 Å². The molecule has 8 heteroatoms. The van der Waals surface area contributed by atoms with Gasteiger partial charge in [0.15, 0.2) is 22.2 Å². The molecule has 0 saturated heterocycles. The maximum atomic E-state index is 13.6. The molecule has 0 saturated carbocycles. The highest BCUT2D eigenvalue weighted by molar-refractivity contribution is 9.10. The second-order valence-corrected chi connectivity index (χ2v) is 9.01. The van der Waals surface area contributed by atoms with Crippen LogP contribution >= 0.6 is 27.3 Å². The summed E-state index contributed by atoms with van der Waals surface area (Å²) in [4.78, 5) is 22.3. The fraction of sp³-hybridized carbons (Fsp3) is 0.304. The van der Waals surface area contributed by atoms with Crippen LogP contribution in [0.1, 0.15) is 24.4 Å². The topological polar surface area (TPSA) is 58.8 Å². The number of amides is 1. The minimum atomic E-state index is -0.205. The van der Waals surface area contributed by atoms with Crippen molar-refractivity contribution in [3.05, 3.63) is 52.7 Å². The van der Waals surface area contributed by atoms with Crippen LogP contribution in [0.15, 0.2) is 51.4 Å². The zero-order valence-corrected chi connectivity index (χ0v) is 20.1. The van der Waals surface area contributed by atoms with E-state index in [2.05, 4.69) is 34.7 Å². The third kappa shape index (κ3) is 4.46. The number of para-hydroxylation sites is 1. The largest absolute Gasteiger partial charge is 0.493 e. The summed E-state index contributed by atoms with van der Waals surface area (Å²) in [6, 6.07) is 13.3. The molecule has 31 heavy (non-hydrogen) atoms. The summed E-state index contributed by atoms with van der Waals surface area (Å²) in [6.45, 7) is 7.37. The first-order chi connectivity index (χ1) is 15.0. The summed E-state index contributed by atoms with van der Waals surface area (Å²) >= 11 is 5.01. The van der Waals surface area contributed by atoms with Gasteiger partial charge in [-0.2, -0.15) is 0 Å². The highest BCUT2D eigenvalue weighted by Gasteiger charge is 2.25. The van der Waals surface area contributed by atoms with E-state index in [4.69, 9.17) is 14.1 Å². The van der Waals surface area contributed by atoms with Crippen molar-refractivity contribution in [3.63, 3.8) is 0 Å². The molecule has 1 amide bonds. The number of halogens is 1. The van der Waals surface area contributed by atoms with E-state index in [9.17, 15) is 4.79 Å². The first-order valence-corrected chi connectivity index (χ1v) is 11.8. The second-order valence-electron chi connectivity index (χ2n) is 7.08. The van der Waals surface area contributed by atoms with Gasteiger partial charge in [0.1, 0.15) is 0 Å². The average molecular weight is 502 g/mol. The van der Waals surface area contributed by atoms with Gasteiger partial charge in [-0.1, -0.05) is 53.2 Å². The highest BCUT2D eigenvalue weighted by atomic mass is 79.9. The lowest BCUT2D eigenvalue weighted by atomic mass is 10.2. The summed E-state index contributed by atoms with van der Waals surface area (Å²) in [5.74, 6) is 0.680. The first-order valence-electron chi connectivity index (χ1n) is 10.2. The summed E-state index contributed by atoms with van der Waals surface area (Å²) in [5, 5.41) is 1.50. The van der Waals surface area contributed by atoms with Crippen LogP contribution in [0.2, 0.25) is 0 Å². The van der Waals surface area contributed by atoms with Crippen LogP contribution < -0.4 is 9.64 Å². The molecule has 0 bridgehead atoms. The molecule has 2 aromatic heterocycles. The normalized spacial score (nSPS) is 11.5. The van der Waals surface area contributed by atoms with Crippen LogP contribution in [-0.2, 0) is 0 Å². The molecular formula is C23H24BrN3O3S. The molecule has 0 unspecified atom stereocenters. The molecular weight excluding hydrogens is 478 g/mol. The van der Waals surface area contributed by atoms with E-state index in [0.717, 1.165) is 39.7 Å². The third-order valence-corrected chi connectivity index (χ3v) is 6.82. The fourth-order valence-corrected chi connectivity index (χ4v) is 5.04. The van der Waals surface area contributed by atoms with E-state index >= 15 is 0 Å². The number of aromatic nitrogens is 1. The Morgan fingerprint density at radius 2 is 1.97 bits per heavy atom. The van der Waals surface area contributed by atoms with E-state index in [1.807, 2.05) is 36.4 Å². The lowest BCUT2D eigenvalue weighted by Crippen LogP contribution is -2.38. The molecule has 0 atom stereocenters. The minimum absolute atomic E-state index is 0.205. The fourth-order valence-electron chi connectivity index (χ4n) is 3.50. The molecule has 162 valence electrons. The third-order valence-electron chi connectivity index (χ3n) is 5.29. The van der Waals surface area contributed by atoms with E-state index in [-0.39, 0.29) is 11.7 Å². The molecule has 0 aliphatic carbocycles. The van der Waals surface area contributed by atoms with Crippen LogP contribution in [0.4, 0.5) is 5.13 Å². The summed E-state index contributed by atoms with van der Waals surface area (Å²) in [5.41, 5.74) is 1.44. The quantitative estimate of drug-likeness (QED) is 0.305. The van der Waals surface area contributed by atoms with Gasteiger partial charge in [0, 0.05) is 22.9 Å². The molecule has 0 spiro atoms. The molecule has 0 aliphatic rings. The Morgan fingerprint density at radius 1 is 1.16 bits per heavy atom. The number of carbonyl (C=O) groups excluding carboxylic acids is 1. The van der Waals surface area contributed by atoms with Crippen molar-refractivity contribution >= 4 is 59.5 Å². The standard InChI is InChI=1S/C23H24BrN3O3S/c1-4-26(5-2)11-12-27(23-25-17-10-9-16(24)14-20(17)31-23)22(28)19-13-15-7-6-8-18(29-3)21(15)30-19/h6-10,13-14H,4-5,11-12H2,1-3H3. The molecule has 0 radical (unpaired) electrons. The number of hydrogen-bond acceptors (Lipinski definition) is 6. The van der Waals surface area contributed by atoms with Gasteiger partial charge in [-0.15, -0.1) is 0 Å². The predicted octanol–water partition coefficient (Wildman–Crippen LogP) is 5.80. The Balaban J connectivity index is 1.73. The van der Waals surface area contributed by atoms with Crippen LogP contribution in [-0.4, -0.2) is 49.1 Å². The lowest BCUT2D eigenvalue weighted by molar-refractivity contribution is 0.0959. The molecule has 0 N–H and O–H groups in total. The maximum Gasteiger partial charge on any atom is 0.295 e. The van der Waals surface area contributed by atoms with Gasteiger partial charge in [-0.3, -0.25) is 9.69 Å². The van der Waals surface area contributed by atoms with Crippen LogP contribution in [0.5, 0.6) is 5.75 Å². The van der Waals surface area contributed by atoms with Crippen LogP contribution in [0.3, 0.4) is 0 Å². The smallest absolute Gasteiger partial charge is 0.295 e. The van der Waals surface area contributed by atoms with Crippen molar-refractivity contribution in [1.82, 2.24) is 9.88 Å². The zero-order valence-electron chi connectivity index (χ0n) is 17.7. The SMILES string of the molecule is CCN(CC)CCN(C(=O)c1cc2cccc(OC)c2o1)c1nc2ccc(Br)cc2s1. The summed E-state index contributed by atoms with van der Waals surface area (Å²) in [6.07, 6.45) is 0. The Bertz CT molecular complexity index is 1220. The van der Waals surface area contributed by atoms with Crippen molar-refractivity contribution in [2.24, 2.45) is 0 Å². The molecule has 0 fully saturated rings. The number of anilines is 1. The lowest BCUT2D eigenvalue weighted by Gasteiger charge is -2.24. The Hall–Kier alpha value is -2.42. The molecule has 6 nitrogen and oxygen atoms in total. The summed E-state index contributed by atoms with van der Waals surface area (Å²) < 4.78 is 13.3. The van der Waals surface area contributed by atoms with Crippen LogP contribution in [0, 0.1) is 0 Å². The van der Waals surface area contributed by atoms with Crippen molar-refractivity contribution in [1.29, 1.82) is 0 Å². The van der Waals surface area contributed by atoms with Gasteiger partial charge < -0.3 is 14.1 Å². The number of nitrogens with zero attached hydrogens (tertiary/aromatic N) is 3. The number of ether oxygens (including phenoxy) is 1. The van der Waals surface area contributed by atoms with Crippen molar-refractivity contribution in [3.8, 4) is 5.75 Å². The number of rotatable bonds is 8. The van der Waals surface area contributed by atoms with E-state index in [1.165, 1.54) is 11.3 Å². The molecule has 2 heterocycles. The van der Waals surface area contributed by atoms with Crippen molar-refractivity contribution in [2.45, 2.75) is 13.8 Å². The maximum absolute atomic E-state index is 13.6. The van der Waals surface area contributed by atoms with Crippen LogP contribution in [0.25, 0.3) is 21.2 Å². The molecule has 0 aliphatic heterocycles. The first kappa shape index (κ1) is 21.8. The number of fused-ring (bicyclic) bond motifs is 2. The predicted molar refractivity (Wildman–Crippen MR) is 130 cm³/mol. The van der Waals surface area contributed by atoms with Crippen molar-refractivity contribution < 1.29 is 13.9 Å². The van der Waals surface area contributed by atoms with E-state index in [0.29, 0.717) is 23.0 Å². The van der Waals surface area contributed by atoms with Gasteiger partial charge in [-0.25, -0.2) is 4.98 Å². The number of likely N-dealkylation sites (N-methyl/N-ethyl adjacent to an activating group) is 1. The molecule has 2 aromatic carbocycles. The number of thiazole rings is 1. The average Bonchev–Trinajstić information content (AvgIpc) is 3.40. The number of furan rings is 1. The van der Waals surface area contributed by atoms with E-state index < -0.39 is 0 Å². The number of hydrogen-bond donors (Lipinski definition) is 0. The van der Waals surface area contributed by atoms with Gasteiger partial charge in [0.25, 0.3) is 5.91 Å². The number of benzene rings is 2. The minimum Gasteiger partial charge on any atom is -0.493 e. The number of carbonyl (C=O) groups is 1. The summed E-state index contributed by atoms with van der Waals surface area (Å²) in [7, 11) is 1.59. The Morgan fingerprint density at radius 3 is 2.71 bits per heavy atom. The van der Waals surface area contributed by atoms with E-state index in [1.54, 1.807) is 18.1 Å². The highest BCUT2D eigenvalue weighted by Crippen LogP contribution is 2.33. The Kier molecular flexibility index (Phi) is 6.60. The monoisotopic (exact) mass is 501 g/mol. The molecule has 4 aromatic rings.